The van der Waals surface area contributed by atoms with Gasteiger partial charge in [0.2, 0.25) is 0 Å². The third-order valence-corrected chi connectivity index (χ3v) is 5.61. The molecule has 1 amide bonds. The molecule has 2 atom stereocenters. The maximum absolute atomic E-state index is 12.2. The Labute approximate surface area is 172 Å². The highest BCUT2D eigenvalue weighted by Gasteiger charge is 2.26. The van der Waals surface area contributed by atoms with Crippen molar-refractivity contribution < 1.29 is 14.6 Å². The van der Waals surface area contributed by atoms with Crippen LogP contribution in [0.5, 0.6) is 0 Å². The lowest BCUT2D eigenvalue weighted by Crippen LogP contribution is -2.42. The highest BCUT2D eigenvalue weighted by atomic mass is 16.5. The van der Waals surface area contributed by atoms with Crippen LogP contribution in [-0.4, -0.2) is 28.3 Å². The largest absolute Gasteiger partial charge is 0.444 e. The number of pyridine rings is 1. The van der Waals surface area contributed by atoms with Gasteiger partial charge in [-0.2, -0.15) is 0 Å². The first-order chi connectivity index (χ1) is 14.1. The van der Waals surface area contributed by atoms with E-state index in [4.69, 9.17) is 4.74 Å². The molecule has 1 aromatic heterocycles. The molecule has 1 aliphatic carbocycles. The lowest BCUT2D eigenvalue weighted by Gasteiger charge is -2.31. The number of hydrogen-bond donors (Lipinski definition) is 3. The summed E-state index contributed by atoms with van der Waals surface area (Å²) >= 11 is 0. The van der Waals surface area contributed by atoms with Gasteiger partial charge >= 0.3 is 6.09 Å². The number of nitrogens with zero attached hydrogens (tertiary/aromatic N) is 1. The topological polar surface area (TPSA) is 83.5 Å². The first-order valence-electron chi connectivity index (χ1n) is 10.5. The Balaban J connectivity index is 1.50. The molecule has 2 aromatic rings. The fourth-order valence-electron chi connectivity index (χ4n) is 3.85. The molecule has 29 heavy (non-hydrogen) atoms. The summed E-state index contributed by atoms with van der Waals surface area (Å²) in [5, 5.41) is 16.9. The Morgan fingerprint density at radius 3 is 2.76 bits per heavy atom. The summed E-state index contributed by atoms with van der Waals surface area (Å²) < 4.78 is 5.28. The van der Waals surface area contributed by atoms with Gasteiger partial charge in [0.15, 0.2) is 0 Å². The lowest BCUT2D eigenvalue weighted by molar-refractivity contribution is 0.0551. The maximum atomic E-state index is 12.2. The van der Waals surface area contributed by atoms with Crippen LogP contribution in [0.3, 0.4) is 0 Å². The lowest BCUT2D eigenvalue weighted by atomic mass is 9.83. The van der Waals surface area contributed by atoms with E-state index in [9.17, 15) is 9.90 Å². The summed E-state index contributed by atoms with van der Waals surface area (Å²) in [4.78, 5) is 16.2. The number of nitrogens with one attached hydrogen (secondary N) is 2. The molecule has 6 nitrogen and oxygen atoms in total. The normalized spacial score (nSPS) is 16.8. The molecule has 0 aliphatic heterocycles. The van der Waals surface area contributed by atoms with Crippen LogP contribution in [0.2, 0.25) is 0 Å². The smallest absolute Gasteiger partial charge is 0.411 e. The van der Waals surface area contributed by atoms with Crippen molar-refractivity contribution in [3.05, 3.63) is 59.9 Å². The zero-order valence-electron chi connectivity index (χ0n) is 17.0. The van der Waals surface area contributed by atoms with Crippen LogP contribution in [0.15, 0.2) is 48.8 Å². The molecule has 0 radical (unpaired) electrons. The first-order valence-corrected chi connectivity index (χ1v) is 10.5. The number of benzene rings is 1. The molecule has 1 fully saturated rings. The van der Waals surface area contributed by atoms with Gasteiger partial charge in [0.05, 0.1) is 6.10 Å². The number of carbonyl (C=O) groups is 1. The van der Waals surface area contributed by atoms with Crippen molar-refractivity contribution in [2.45, 2.75) is 64.3 Å². The molecule has 1 heterocycles. The SMILES string of the molecule is C[C@H](NCc1ccccc1NC(=O)OCc1cccnc1)[C@@H](O)C1CCCCC1. The van der Waals surface area contributed by atoms with E-state index in [-0.39, 0.29) is 18.8 Å². The van der Waals surface area contributed by atoms with Gasteiger partial charge in [-0.3, -0.25) is 10.3 Å². The number of aliphatic hydroxyl groups is 1. The zero-order chi connectivity index (χ0) is 20.5. The molecule has 0 unspecified atom stereocenters. The molecule has 0 spiro atoms. The van der Waals surface area contributed by atoms with Gasteiger partial charge in [-0.05, 0) is 43.4 Å². The van der Waals surface area contributed by atoms with Crippen LogP contribution in [0.1, 0.15) is 50.2 Å². The van der Waals surface area contributed by atoms with E-state index < -0.39 is 6.09 Å². The maximum Gasteiger partial charge on any atom is 0.411 e. The fourth-order valence-corrected chi connectivity index (χ4v) is 3.85. The van der Waals surface area contributed by atoms with Crippen LogP contribution in [0.25, 0.3) is 0 Å². The van der Waals surface area contributed by atoms with Gasteiger partial charge in [0.1, 0.15) is 6.61 Å². The number of hydrogen-bond acceptors (Lipinski definition) is 5. The molecule has 1 aliphatic rings. The number of amides is 1. The van der Waals surface area contributed by atoms with E-state index >= 15 is 0 Å². The molecule has 1 aromatic carbocycles. The average molecular weight is 398 g/mol. The summed E-state index contributed by atoms with van der Waals surface area (Å²) in [5.74, 6) is 0.377. The summed E-state index contributed by atoms with van der Waals surface area (Å²) in [6.07, 6.45) is 8.41. The van der Waals surface area contributed by atoms with Crippen LogP contribution in [-0.2, 0) is 17.9 Å². The van der Waals surface area contributed by atoms with Gasteiger partial charge < -0.3 is 15.2 Å². The monoisotopic (exact) mass is 397 g/mol. The van der Waals surface area contributed by atoms with Crippen LogP contribution in [0, 0.1) is 5.92 Å². The quantitative estimate of drug-likeness (QED) is 0.620. The van der Waals surface area contributed by atoms with Crippen LogP contribution in [0.4, 0.5) is 10.5 Å². The van der Waals surface area contributed by atoms with Crippen LogP contribution < -0.4 is 10.6 Å². The molecule has 156 valence electrons. The number of para-hydroxylation sites is 1. The molecule has 0 bridgehead atoms. The number of aromatic nitrogens is 1. The van der Waals surface area contributed by atoms with Crippen LogP contribution >= 0.6 is 0 Å². The average Bonchev–Trinajstić information content (AvgIpc) is 2.77. The van der Waals surface area contributed by atoms with E-state index in [0.29, 0.717) is 18.2 Å². The summed E-state index contributed by atoms with van der Waals surface area (Å²) in [7, 11) is 0. The number of ether oxygens (including phenoxy) is 1. The Morgan fingerprint density at radius 1 is 1.21 bits per heavy atom. The van der Waals surface area contributed by atoms with Crippen molar-refractivity contribution in [2.75, 3.05) is 5.32 Å². The third kappa shape index (κ3) is 6.54. The van der Waals surface area contributed by atoms with E-state index in [1.807, 2.05) is 37.3 Å². The van der Waals surface area contributed by atoms with Gasteiger partial charge in [-0.15, -0.1) is 0 Å². The molecule has 0 saturated heterocycles. The molecular weight excluding hydrogens is 366 g/mol. The van der Waals surface area contributed by atoms with Crippen molar-refractivity contribution in [1.82, 2.24) is 10.3 Å². The second-order valence-corrected chi connectivity index (χ2v) is 7.78. The zero-order valence-corrected chi connectivity index (χ0v) is 17.0. The van der Waals surface area contributed by atoms with Crippen molar-refractivity contribution in [3.8, 4) is 0 Å². The Morgan fingerprint density at radius 2 is 2.00 bits per heavy atom. The van der Waals surface area contributed by atoms with Gasteiger partial charge in [0, 0.05) is 36.2 Å². The summed E-state index contributed by atoms with van der Waals surface area (Å²) in [5.41, 5.74) is 2.49. The second kappa shape index (κ2) is 10.9. The Kier molecular flexibility index (Phi) is 8.02. The number of rotatable bonds is 8. The summed E-state index contributed by atoms with van der Waals surface area (Å²) in [6, 6.07) is 11.3. The van der Waals surface area contributed by atoms with Crippen molar-refractivity contribution >= 4 is 11.8 Å². The number of anilines is 1. The highest BCUT2D eigenvalue weighted by Crippen LogP contribution is 2.28. The van der Waals surface area contributed by atoms with Gasteiger partial charge in [0.25, 0.3) is 0 Å². The second-order valence-electron chi connectivity index (χ2n) is 7.78. The summed E-state index contributed by atoms with van der Waals surface area (Å²) in [6.45, 7) is 2.76. The van der Waals surface area contributed by atoms with Crippen molar-refractivity contribution in [2.24, 2.45) is 5.92 Å². The third-order valence-electron chi connectivity index (χ3n) is 5.61. The Hall–Kier alpha value is -2.44. The molecule has 6 heteroatoms. The van der Waals surface area contributed by atoms with Gasteiger partial charge in [-0.1, -0.05) is 43.5 Å². The number of aliphatic hydroxyl groups excluding tert-OH is 1. The van der Waals surface area contributed by atoms with E-state index in [1.54, 1.807) is 18.5 Å². The predicted octanol–water partition coefficient (Wildman–Crippen LogP) is 4.25. The number of carbonyl (C=O) groups excluding carboxylic acids is 1. The standard InChI is InChI=1S/C23H31N3O3/c1-17(22(27)19-9-3-2-4-10-19)25-15-20-11-5-6-12-21(20)26-23(28)29-16-18-8-7-13-24-14-18/h5-8,11-14,17,19,22,25,27H,2-4,9-10,15-16H2,1H3,(H,26,28)/t17-,22+/m0/s1. The minimum Gasteiger partial charge on any atom is -0.444 e. The van der Waals surface area contributed by atoms with Crippen molar-refractivity contribution in [1.29, 1.82) is 0 Å². The first kappa shape index (κ1) is 21.3. The Bertz CT molecular complexity index is 763. The van der Waals surface area contributed by atoms with E-state index in [1.165, 1.54) is 19.3 Å². The fraction of sp³-hybridized carbons (Fsp3) is 0.478. The minimum absolute atomic E-state index is 0.0105. The molecule has 3 rings (SSSR count). The minimum atomic E-state index is -0.503. The predicted molar refractivity (Wildman–Crippen MR) is 113 cm³/mol. The van der Waals surface area contributed by atoms with Gasteiger partial charge in [-0.25, -0.2) is 4.79 Å². The molecule has 1 saturated carbocycles. The molecular formula is C23H31N3O3. The van der Waals surface area contributed by atoms with E-state index in [0.717, 1.165) is 24.0 Å². The van der Waals surface area contributed by atoms with E-state index in [2.05, 4.69) is 15.6 Å². The van der Waals surface area contributed by atoms with Crippen molar-refractivity contribution in [3.63, 3.8) is 0 Å². The molecule has 3 N–H and O–H groups in total. The highest BCUT2D eigenvalue weighted by molar-refractivity contribution is 5.85.